The van der Waals surface area contributed by atoms with Crippen LogP contribution in [0.15, 0.2) is 38.2 Å². The zero-order valence-corrected chi connectivity index (χ0v) is 10.7. The molecule has 0 fully saturated rings. The Balaban J connectivity index is 1.89. The van der Waals surface area contributed by atoms with Crippen LogP contribution in [0.5, 0.6) is 0 Å². The van der Waals surface area contributed by atoms with E-state index in [2.05, 4.69) is 0 Å². The van der Waals surface area contributed by atoms with Gasteiger partial charge in [0.05, 0.1) is 0 Å². The lowest BCUT2D eigenvalue weighted by Crippen LogP contribution is -1.95. The molecule has 1 N–H and O–H groups in total. The molecule has 2 aromatic heterocycles. The molecule has 2 aromatic rings. The molecule has 18 heavy (non-hydrogen) atoms. The minimum Gasteiger partial charge on any atom is -0.466 e. The van der Waals surface area contributed by atoms with E-state index in [0.717, 1.165) is 24.4 Å². The van der Waals surface area contributed by atoms with E-state index in [0.29, 0.717) is 12.2 Å². The lowest BCUT2D eigenvalue weighted by atomic mass is 10.2. The Morgan fingerprint density at radius 3 is 2.17 bits per heavy atom. The first-order valence-electron chi connectivity index (χ1n) is 5.57. The van der Waals surface area contributed by atoms with E-state index in [1.54, 1.807) is 6.07 Å². The van der Waals surface area contributed by atoms with Gasteiger partial charge in [-0.3, -0.25) is 4.55 Å². The normalized spacial score (nSPS) is 11.9. The van der Waals surface area contributed by atoms with Gasteiger partial charge in [0.15, 0.2) is 0 Å². The molecule has 98 valence electrons. The zero-order valence-electron chi connectivity index (χ0n) is 9.92. The van der Waals surface area contributed by atoms with Crippen LogP contribution < -0.4 is 0 Å². The maximum Gasteiger partial charge on any atom is 0.328 e. The number of hydrogen-bond acceptors (Lipinski definition) is 4. The predicted octanol–water partition coefficient (Wildman–Crippen LogP) is 2.60. The monoisotopic (exact) mass is 270 g/mol. The second-order valence-corrected chi connectivity index (χ2v) is 5.41. The van der Waals surface area contributed by atoms with Gasteiger partial charge in [0.25, 0.3) is 0 Å². The van der Waals surface area contributed by atoms with Crippen LogP contribution in [-0.4, -0.2) is 13.0 Å². The van der Waals surface area contributed by atoms with Crippen LogP contribution in [0.2, 0.25) is 0 Å². The third kappa shape index (κ3) is 3.24. The largest absolute Gasteiger partial charge is 0.466 e. The Kier molecular flexibility index (Phi) is 3.58. The van der Waals surface area contributed by atoms with Crippen molar-refractivity contribution in [1.29, 1.82) is 0 Å². The van der Waals surface area contributed by atoms with E-state index in [1.165, 1.54) is 6.07 Å². The van der Waals surface area contributed by atoms with Gasteiger partial charge in [-0.15, -0.1) is 0 Å². The summed E-state index contributed by atoms with van der Waals surface area (Å²) in [6.45, 7) is 1.88. The summed E-state index contributed by atoms with van der Waals surface area (Å²) in [7, 11) is -4.24. The van der Waals surface area contributed by atoms with Crippen molar-refractivity contribution in [2.75, 3.05) is 0 Å². The van der Waals surface area contributed by atoms with Crippen molar-refractivity contribution in [2.45, 2.75) is 31.3 Å². The molecule has 0 atom stereocenters. The van der Waals surface area contributed by atoms with E-state index in [-0.39, 0.29) is 0 Å². The van der Waals surface area contributed by atoms with Crippen LogP contribution in [0.25, 0.3) is 0 Å². The van der Waals surface area contributed by atoms with E-state index >= 15 is 0 Å². The Bertz CT molecular complexity index is 620. The highest BCUT2D eigenvalue weighted by atomic mass is 32.2. The Hall–Kier alpha value is -1.53. The van der Waals surface area contributed by atoms with Gasteiger partial charge in [-0.05, 0) is 37.6 Å². The van der Waals surface area contributed by atoms with Crippen molar-refractivity contribution in [3.63, 3.8) is 0 Å². The highest BCUT2D eigenvalue weighted by Gasteiger charge is 2.14. The molecule has 5 nitrogen and oxygen atoms in total. The molecule has 0 unspecified atom stereocenters. The Morgan fingerprint density at radius 2 is 1.67 bits per heavy atom. The fourth-order valence-electron chi connectivity index (χ4n) is 1.69. The first kappa shape index (κ1) is 12.9. The fourth-order valence-corrected chi connectivity index (χ4v) is 2.14. The van der Waals surface area contributed by atoms with Gasteiger partial charge in [0.1, 0.15) is 17.3 Å². The summed E-state index contributed by atoms with van der Waals surface area (Å²) >= 11 is 0. The van der Waals surface area contributed by atoms with E-state index < -0.39 is 15.2 Å². The van der Waals surface area contributed by atoms with Gasteiger partial charge in [0, 0.05) is 12.8 Å². The molecule has 0 amide bonds. The third-order valence-corrected chi connectivity index (χ3v) is 3.26. The minimum atomic E-state index is -4.24. The van der Waals surface area contributed by atoms with Crippen LogP contribution in [-0.2, 0) is 23.0 Å². The first-order valence-corrected chi connectivity index (χ1v) is 7.01. The zero-order chi connectivity index (χ0) is 13.2. The highest BCUT2D eigenvalue weighted by molar-refractivity contribution is 7.85. The molecular formula is C12H14O5S. The molecule has 0 aliphatic carbocycles. The summed E-state index contributed by atoms with van der Waals surface area (Å²) in [6.07, 6.45) is 2.14. The molecular weight excluding hydrogens is 256 g/mol. The quantitative estimate of drug-likeness (QED) is 0.844. The van der Waals surface area contributed by atoms with Crippen molar-refractivity contribution in [3.8, 4) is 0 Å². The molecule has 0 radical (unpaired) electrons. The van der Waals surface area contributed by atoms with Crippen LogP contribution >= 0.6 is 0 Å². The number of rotatable bonds is 5. The number of aryl methyl sites for hydroxylation is 3. The van der Waals surface area contributed by atoms with Crippen molar-refractivity contribution in [3.05, 3.63) is 41.5 Å². The van der Waals surface area contributed by atoms with Crippen molar-refractivity contribution in [2.24, 2.45) is 0 Å². The summed E-state index contributed by atoms with van der Waals surface area (Å²) in [6, 6.07) is 6.62. The lowest BCUT2D eigenvalue weighted by Gasteiger charge is -1.96. The maximum atomic E-state index is 10.8. The van der Waals surface area contributed by atoms with Crippen LogP contribution in [0, 0.1) is 6.92 Å². The van der Waals surface area contributed by atoms with E-state index in [9.17, 15) is 8.42 Å². The Labute approximate surface area is 105 Å². The average Bonchev–Trinajstić information content (AvgIpc) is 2.87. The van der Waals surface area contributed by atoms with Crippen molar-refractivity contribution in [1.82, 2.24) is 0 Å². The highest BCUT2D eigenvalue weighted by Crippen LogP contribution is 2.16. The molecule has 2 heterocycles. The summed E-state index contributed by atoms with van der Waals surface area (Å²) in [5.41, 5.74) is 0. The molecule has 0 bridgehead atoms. The predicted molar refractivity (Wildman–Crippen MR) is 64.0 cm³/mol. The molecule has 0 aliphatic heterocycles. The minimum absolute atomic E-state index is 0.411. The number of furan rings is 2. The molecule has 0 saturated carbocycles. The second kappa shape index (κ2) is 4.99. The second-order valence-electron chi connectivity index (χ2n) is 4.06. The molecule has 0 spiro atoms. The van der Waals surface area contributed by atoms with E-state index in [1.807, 2.05) is 19.1 Å². The smallest absolute Gasteiger partial charge is 0.328 e. The van der Waals surface area contributed by atoms with Crippen molar-refractivity contribution >= 4 is 10.1 Å². The third-order valence-electron chi connectivity index (χ3n) is 2.53. The molecule has 0 aromatic carbocycles. The molecule has 0 aliphatic rings. The van der Waals surface area contributed by atoms with Crippen molar-refractivity contribution < 1.29 is 21.8 Å². The lowest BCUT2D eigenvalue weighted by molar-refractivity contribution is 0.381. The van der Waals surface area contributed by atoms with Crippen LogP contribution in [0.3, 0.4) is 0 Å². The SMILES string of the molecule is Cc1ccc(CCCc2ccc(S(=O)(=O)O)o2)o1. The topological polar surface area (TPSA) is 80.7 Å². The first-order chi connectivity index (χ1) is 8.45. The van der Waals surface area contributed by atoms with Gasteiger partial charge in [-0.25, -0.2) is 0 Å². The molecule has 6 heteroatoms. The van der Waals surface area contributed by atoms with Gasteiger partial charge in [-0.2, -0.15) is 8.42 Å². The van der Waals surface area contributed by atoms with Gasteiger partial charge < -0.3 is 8.83 Å². The molecule has 2 rings (SSSR count). The summed E-state index contributed by atoms with van der Waals surface area (Å²) in [5.74, 6) is 2.30. The standard InChI is InChI=1S/C12H14O5S/c1-9-5-6-10(16-9)3-2-4-11-7-8-12(17-11)18(13,14)15/h5-8H,2-4H2,1H3,(H,13,14,15). The van der Waals surface area contributed by atoms with Crippen LogP contribution in [0.4, 0.5) is 0 Å². The fraction of sp³-hybridized carbons (Fsp3) is 0.333. The summed E-state index contributed by atoms with van der Waals surface area (Å²) in [4.78, 5) is 0. The van der Waals surface area contributed by atoms with Gasteiger partial charge in [-0.1, -0.05) is 0 Å². The average molecular weight is 270 g/mol. The van der Waals surface area contributed by atoms with Gasteiger partial charge >= 0.3 is 10.1 Å². The molecule has 0 saturated heterocycles. The number of hydrogen-bond donors (Lipinski definition) is 1. The maximum absolute atomic E-state index is 10.8. The summed E-state index contributed by atoms with van der Waals surface area (Å²) < 4.78 is 40.8. The van der Waals surface area contributed by atoms with Crippen LogP contribution in [0.1, 0.15) is 23.7 Å². The Morgan fingerprint density at radius 1 is 1.06 bits per heavy atom. The van der Waals surface area contributed by atoms with Gasteiger partial charge in [0.2, 0.25) is 5.09 Å². The van der Waals surface area contributed by atoms with E-state index in [4.69, 9.17) is 13.4 Å². The summed E-state index contributed by atoms with van der Waals surface area (Å²) in [5, 5.41) is -0.411.